The molecule has 1 aliphatic carbocycles. The van der Waals surface area contributed by atoms with Gasteiger partial charge in [0.15, 0.2) is 0 Å². The van der Waals surface area contributed by atoms with Gasteiger partial charge in [-0.1, -0.05) is 23.2 Å². The zero-order valence-corrected chi connectivity index (χ0v) is 10.4. The van der Waals surface area contributed by atoms with Crippen molar-refractivity contribution in [3.8, 4) is 0 Å². The van der Waals surface area contributed by atoms with Gasteiger partial charge in [0.05, 0.1) is 16.8 Å². The smallest absolute Gasteiger partial charge is 0.0638 e. The van der Waals surface area contributed by atoms with Crippen molar-refractivity contribution in [2.45, 2.75) is 37.8 Å². The predicted molar refractivity (Wildman–Crippen MR) is 68.3 cm³/mol. The first kappa shape index (κ1) is 12.0. The van der Waals surface area contributed by atoms with Crippen LogP contribution in [0.1, 0.15) is 25.7 Å². The number of aliphatic hydroxyl groups is 1. The SMILES string of the molecule is OC1CCC(Nc2cc(Cl)ccc2Cl)CC1. The molecule has 88 valence electrons. The normalized spacial score (nSPS) is 25.4. The molecule has 0 aromatic heterocycles. The van der Waals surface area contributed by atoms with Crippen molar-refractivity contribution in [2.75, 3.05) is 5.32 Å². The van der Waals surface area contributed by atoms with Crippen LogP contribution in [-0.4, -0.2) is 17.3 Å². The first-order chi connectivity index (χ1) is 7.65. The van der Waals surface area contributed by atoms with Crippen molar-refractivity contribution in [2.24, 2.45) is 0 Å². The minimum Gasteiger partial charge on any atom is -0.393 e. The quantitative estimate of drug-likeness (QED) is 0.849. The van der Waals surface area contributed by atoms with Gasteiger partial charge in [-0.05, 0) is 43.9 Å². The Morgan fingerprint density at radius 3 is 2.50 bits per heavy atom. The molecule has 0 aliphatic heterocycles. The molecule has 4 heteroatoms. The molecule has 2 N–H and O–H groups in total. The van der Waals surface area contributed by atoms with Gasteiger partial charge in [-0.3, -0.25) is 0 Å². The molecule has 2 nitrogen and oxygen atoms in total. The van der Waals surface area contributed by atoms with Crippen LogP contribution in [0.25, 0.3) is 0 Å². The largest absolute Gasteiger partial charge is 0.393 e. The van der Waals surface area contributed by atoms with Crippen LogP contribution in [-0.2, 0) is 0 Å². The van der Waals surface area contributed by atoms with Crippen LogP contribution in [0.4, 0.5) is 5.69 Å². The maximum absolute atomic E-state index is 9.42. The Bertz CT molecular complexity index is 362. The Morgan fingerprint density at radius 1 is 1.12 bits per heavy atom. The molecule has 1 fully saturated rings. The van der Waals surface area contributed by atoms with Crippen molar-refractivity contribution >= 4 is 28.9 Å². The Kier molecular flexibility index (Phi) is 3.95. The molecule has 0 unspecified atom stereocenters. The second-order valence-corrected chi connectivity index (χ2v) is 5.12. The van der Waals surface area contributed by atoms with Gasteiger partial charge >= 0.3 is 0 Å². The minimum atomic E-state index is -0.132. The molecule has 0 spiro atoms. The van der Waals surface area contributed by atoms with Crippen LogP contribution >= 0.6 is 23.2 Å². The Morgan fingerprint density at radius 2 is 1.81 bits per heavy atom. The topological polar surface area (TPSA) is 32.3 Å². The highest BCUT2D eigenvalue weighted by molar-refractivity contribution is 6.35. The number of hydrogen-bond donors (Lipinski definition) is 2. The predicted octanol–water partition coefficient (Wildman–Crippen LogP) is 3.71. The van der Waals surface area contributed by atoms with E-state index in [1.807, 2.05) is 6.07 Å². The number of anilines is 1. The Labute approximate surface area is 106 Å². The van der Waals surface area contributed by atoms with E-state index in [0.29, 0.717) is 16.1 Å². The van der Waals surface area contributed by atoms with Gasteiger partial charge in [-0.2, -0.15) is 0 Å². The molecule has 0 heterocycles. The average Bonchev–Trinajstić information content (AvgIpc) is 2.27. The maximum atomic E-state index is 9.42. The molecule has 1 aliphatic rings. The molecule has 0 saturated heterocycles. The van der Waals surface area contributed by atoms with E-state index >= 15 is 0 Å². The summed E-state index contributed by atoms with van der Waals surface area (Å²) in [6, 6.07) is 5.80. The van der Waals surface area contributed by atoms with E-state index in [1.54, 1.807) is 12.1 Å². The van der Waals surface area contributed by atoms with E-state index in [-0.39, 0.29) is 6.10 Å². The highest BCUT2D eigenvalue weighted by atomic mass is 35.5. The fraction of sp³-hybridized carbons (Fsp3) is 0.500. The molecule has 16 heavy (non-hydrogen) atoms. The number of rotatable bonds is 2. The average molecular weight is 260 g/mol. The molecule has 0 atom stereocenters. The van der Waals surface area contributed by atoms with Crippen LogP contribution in [0, 0.1) is 0 Å². The second-order valence-electron chi connectivity index (χ2n) is 4.27. The van der Waals surface area contributed by atoms with Gasteiger partial charge in [-0.15, -0.1) is 0 Å². The Balaban J connectivity index is 2.00. The van der Waals surface area contributed by atoms with Gasteiger partial charge < -0.3 is 10.4 Å². The molecule has 0 radical (unpaired) electrons. The summed E-state index contributed by atoms with van der Waals surface area (Å²) in [7, 11) is 0. The summed E-state index contributed by atoms with van der Waals surface area (Å²) in [5.74, 6) is 0. The summed E-state index contributed by atoms with van der Waals surface area (Å²) in [6.07, 6.45) is 3.53. The molecule has 1 saturated carbocycles. The lowest BCUT2D eigenvalue weighted by Gasteiger charge is -2.27. The van der Waals surface area contributed by atoms with Crippen LogP contribution in [0.3, 0.4) is 0 Å². The summed E-state index contributed by atoms with van der Waals surface area (Å²) in [4.78, 5) is 0. The van der Waals surface area contributed by atoms with Gasteiger partial charge in [0.25, 0.3) is 0 Å². The van der Waals surface area contributed by atoms with Crippen molar-refractivity contribution in [3.63, 3.8) is 0 Å². The second kappa shape index (κ2) is 5.26. The molecular weight excluding hydrogens is 245 g/mol. The summed E-state index contributed by atoms with van der Waals surface area (Å²) in [5, 5.41) is 14.2. The number of hydrogen-bond acceptors (Lipinski definition) is 2. The van der Waals surface area contributed by atoms with E-state index in [2.05, 4.69) is 5.32 Å². The molecule has 1 aromatic rings. The van der Waals surface area contributed by atoms with Crippen molar-refractivity contribution in [1.29, 1.82) is 0 Å². The van der Waals surface area contributed by atoms with E-state index in [9.17, 15) is 5.11 Å². The van der Waals surface area contributed by atoms with Gasteiger partial charge in [0.2, 0.25) is 0 Å². The molecule has 1 aromatic carbocycles. The van der Waals surface area contributed by atoms with Gasteiger partial charge in [-0.25, -0.2) is 0 Å². The number of nitrogens with one attached hydrogen (secondary N) is 1. The van der Waals surface area contributed by atoms with E-state index < -0.39 is 0 Å². The monoisotopic (exact) mass is 259 g/mol. The lowest BCUT2D eigenvalue weighted by atomic mass is 9.93. The lowest BCUT2D eigenvalue weighted by Crippen LogP contribution is -2.28. The first-order valence-corrected chi connectivity index (χ1v) is 6.30. The van der Waals surface area contributed by atoms with Crippen LogP contribution < -0.4 is 5.32 Å². The van der Waals surface area contributed by atoms with Crippen LogP contribution in [0.5, 0.6) is 0 Å². The lowest BCUT2D eigenvalue weighted by molar-refractivity contribution is 0.126. The zero-order chi connectivity index (χ0) is 11.5. The number of benzene rings is 1. The summed E-state index contributed by atoms with van der Waals surface area (Å²) < 4.78 is 0. The third-order valence-electron chi connectivity index (χ3n) is 2.98. The minimum absolute atomic E-state index is 0.132. The molecule has 2 rings (SSSR count). The summed E-state index contributed by atoms with van der Waals surface area (Å²) in [5.41, 5.74) is 0.885. The van der Waals surface area contributed by atoms with E-state index in [0.717, 1.165) is 31.4 Å². The van der Waals surface area contributed by atoms with Crippen LogP contribution in [0.2, 0.25) is 10.0 Å². The molecule has 0 amide bonds. The van der Waals surface area contributed by atoms with Crippen molar-refractivity contribution in [3.05, 3.63) is 28.2 Å². The third-order valence-corrected chi connectivity index (χ3v) is 3.55. The Hall–Kier alpha value is -0.440. The highest BCUT2D eigenvalue weighted by Gasteiger charge is 2.19. The number of aliphatic hydroxyl groups excluding tert-OH is 1. The fourth-order valence-corrected chi connectivity index (χ4v) is 2.39. The summed E-state index contributed by atoms with van der Waals surface area (Å²) in [6.45, 7) is 0. The van der Waals surface area contributed by atoms with E-state index in [4.69, 9.17) is 23.2 Å². The zero-order valence-electron chi connectivity index (χ0n) is 8.92. The van der Waals surface area contributed by atoms with E-state index in [1.165, 1.54) is 0 Å². The van der Waals surface area contributed by atoms with Crippen molar-refractivity contribution in [1.82, 2.24) is 0 Å². The molecular formula is C12H15Cl2NO. The van der Waals surface area contributed by atoms with Gasteiger partial charge in [0.1, 0.15) is 0 Å². The van der Waals surface area contributed by atoms with Gasteiger partial charge in [0, 0.05) is 11.1 Å². The standard InChI is InChI=1S/C12H15Cl2NO/c13-8-1-6-11(14)12(7-8)15-9-2-4-10(16)5-3-9/h1,6-7,9-10,15-16H,2-5H2. The van der Waals surface area contributed by atoms with Crippen molar-refractivity contribution < 1.29 is 5.11 Å². The number of halogens is 2. The van der Waals surface area contributed by atoms with Crippen LogP contribution in [0.15, 0.2) is 18.2 Å². The maximum Gasteiger partial charge on any atom is 0.0638 e. The third kappa shape index (κ3) is 3.03. The summed E-state index contributed by atoms with van der Waals surface area (Å²) >= 11 is 12.0. The molecule has 0 bridgehead atoms. The first-order valence-electron chi connectivity index (χ1n) is 5.55. The highest BCUT2D eigenvalue weighted by Crippen LogP contribution is 2.29. The fourth-order valence-electron chi connectivity index (χ4n) is 2.05.